The Bertz CT molecular complexity index is 556. The van der Waals surface area contributed by atoms with Gasteiger partial charge in [0, 0.05) is 12.1 Å². The molecular formula is C20H27N. The van der Waals surface area contributed by atoms with Crippen molar-refractivity contribution in [3.63, 3.8) is 0 Å². The fourth-order valence-corrected chi connectivity index (χ4v) is 2.79. The van der Waals surface area contributed by atoms with Gasteiger partial charge in [0.25, 0.3) is 0 Å². The molecule has 0 bridgehead atoms. The molecule has 0 saturated heterocycles. The summed E-state index contributed by atoms with van der Waals surface area (Å²) >= 11 is 0. The van der Waals surface area contributed by atoms with E-state index in [4.69, 9.17) is 0 Å². The molecule has 2 atom stereocenters. The number of benzene rings is 2. The van der Waals surface area contributed by atoms with Gasteiger partial charge < -0.3 is 5.32 Å². The molecule has 2 unspecified atom stereocenters. The third kappa shape index (κ3) is 4.44. The first-order chi connectivity index (χ1) is 10.1. The molecule has 2 aromatic carbocycles. The van der Waals surface area contributed by atoms with Gasteiger partial charge in [-0.2, -0.15) is 0 Å². The molecule has 0 aliphatic rings. The first-order valence-electron chi connectivity index (χ1n) is 7.99. The van der Waals surface area contributed by atoms with Crippen LogP contribution in [-0.4, -0.2) is 6.04 Å². The molecule has 2 aromatic rings. The van der Waals surface area contributed by atoms with Crippen molar-refractivity contribution < 1.29 is 0 Å². The highest BCUT2D eigenvalue weighted by Crippen LogP contribution is 2.16. The van der Waals surface area contributed by atoms with E-state index < -0.39 is 0 Å². The van der Waals surface area contributed by atoms with Gasteiger partial charge in [0.2, 0.25) is 0 Å². The van der Waals surface area contributed by atoms with Crippen molar-refractivity contribution in [1.82, 2.24) is 5.32 Å². The van der Waals surface area contributed by atoms with Gasteiger partial charge in [0.1, 0.15) is 0 Å². The number of rotatable bonds is 6. The lowest BCUT2D eigenvalue weighted by Crippen LogP contribution is -2.30. The van der Waals surface area contributed by atoms with Gasteiger partial charge in [-0.3, -0.25) is 0 Å². The van der Waals surface area contributed by atoms with Crippen molar-refractivity contribution in [1.29, 1.82) is 0 Å². The molecule has 1 nitrogen and oxygen atoms in total. The molecule has 0 saturated carbocycles. The quantitative estimate of drug-likeness (QED) is 0.799. The van der Waals surface area contributed by atoms with Crippen LogP contribution in [0.15, 0.2) is 48.5 Å². The lowest BCUT2D eigenvalue weighted by Gasteiger charge is -2.21. The van der Waals surface area contributed by atoms with E-state index >= 15 is 0 Å². The highest BCUT2D eigenvalue weighted by molar-refractivity contribution is 5.27. The highest BCUT2D eigenvalue weighted by atomic mass is 14.9. The molecule has 1 heteroatoms. The zero-order valence-electron chi connectivity index (χ0n) is 13.7. The summed E-state index contributed by atoms with van der Waals surface area (Å²) in [4.78, 5) is 0. The Balaban J connectivity index is 1.95. The molecule has 21 heavy (non-hydrogen) atoms. The van der Waals surface area contributed by atoms with Crippen LogP contribution in [0.2, 0.25) is 0 Å². The van der Waals surface area contributed by atoms with Crippen LogP contribution < -0.4 is 5.32 Å². The lowest BCUT2D eigenvalue weighted by molar-refractivity contribution is 0.476. The van der Waals surface area contributed by atoms with Crippen LogP contribution in [0.25, 0.3) is 0 Å². The molecule has 0 spiro atoms. The van der Waals surface area contributed by atoms with Crippen molar-refractivity contribution in [3.05, 3.63) is 70.8 Å². The van der Waals surface area contributed by atoms with Crippen molar-refractivity contribution in [2.24, 2.45) is 0 Å². The third-order valence-corrected chi connectivity index (χ3v) is 4.21. The number of aryl methyl sites for hydroxylation is 2. The zero-order valence-corrected chi connectivity index (χ0v) is 13.7. The van der Waals surface area contributed by atoms with E-state index in [1.807, 2.05) is 0 Å². The third-order valence-electron chi connectivity index (χ3n) is 4.21. The van der Waals surface area contributed by atoms with Gasteiger partial charge >= 0.3 is 0 Å². The van der Waals surface area contributed by atoms with E-state index in [9.17, 15) is 0 Å². The van der Waals surface area contributed by atoms with E-state index in [-0.39, 0.29) is 0 Å². The molecule has 1 N–H and O–H groups in total. The molecule has 2 rings (SSSR count). The number of hydrogen-bond donors (Lipinski definition) is 1. The topological polar surface area (TPSA) is 12.0 Å². The summed E-state index contributed by atoms with van der Waals surface area (Å²) in [6.45, 7) is 8.90. The van der Waals surface area contributed by atoms with Gasteiger partial charge in [-0.1, -0.05) is 55.5 Å². The standard InChI is InChI=1S/C20H27N/c1-5-18-10-12-19(13-11-18)17(4)21-16(3)14-20-9-7-6-8-15(20)2/h6-13,16-17,21H,5,14H2,1-4H3. The maximum Gasteiger partial charge on any atom is 0.0294 e. The summed E-state index contributed by atoms with van der Waals surface area (Å²) in [6.07, 6.45) is 2.18. The first-order valence-corrected chi connectivity index (χ1v) is 7.99. The van der Waals surface area contributed by atoms with Crippen LogP contribution in [0.5, 0.6) is 0 Å². The van der Waals surface area contributed by atoms with E-state index in [1.165, 1.54) is 22.3 Å². The molecule has 0 radical (unpaired) electrons. The second-order valence-electron chi connectivity index (χ2n) is 6.02. The maximum atomic E-state index is 3.71. The summed E-state index contributed by atoms with van der Waals surface area (Å²) in [6, 6.07) is 18.5. The molecule has 0 heterocycles. The number of hydrogen-bond acceptors (Lipinski definition) is 1. The Morgan fingerprint density at radius 1 is 0.952 bits per heavy atom. The molecule has 0 aliphatic carbocycles. The minimum absolute atomic E-state index is 0.384. The Morgan fingerprint density at radius 2 is 1.62 bits per heavy atom. The van der Waals surface area contributed by atoms with Crippen LogP contribution in [-0.2, 0) is 12.8 Å². The predicted molar refractivity (Wildman–Crippen MR) is 91.7 cm³/mol. The van der Waals surface area contributed by atoms with Crippen LogP contribution in [0.4, 0.5) is 0 Å². The summed E-state index contributed by atoms with van der Waals surface area (Å²) in [5.74, 6) is 0. The SMILES string of the molecule is CCc1ccc(C(C)NC(C)Cc2ccccc2C)cc1. The Labute approximate surface area is 129 Å². The van der Waals surface area contributed by atoms with Gasteiger partial charge in [-0.15, -0.1) is 0 Å². The molecular weight excluding hydrogens is 254 g/mol. The second kappa shape index (κ2) is 7.42. The van der Waals surface area contributed by atoms with Crippen LogP contribution in [0, 0.1) is 6.92 Å². The average molecular weight is 281 g/mol. The Kier molecular flexibility index (Phi) is 5.58. The minimum Gasteiger partial charge on any atom is -0.307 e. The van der Waals surface area contributed by atoms with Crippen LogP contribution in [0.3, 0.4) is 0 Å². The monoisotopic (exact) mass is 281 g/mol. The average Bonchev–Trinajstić information content (AvgIpc) is 2.49. The van der Waals surface area contributed by atoms with Gasteiger partial charge in [0.15, 0.2) is 0 Å². The first kappa shape index (κ1) is 15.8. The normalized spacial score (nSPS) is 13.9. The summed E-state index contributed by atoms with van der Waals surface area (Å²) in [5.41, 5.74) is 5.58. The summed E-state index contributed by atoms with van der Waals surface area (Å²) in [7, 11) is 0. The van der Waals surface area contributed by atoms with E-state index in [2.05, 4.69) is 81.5 Å². The van der Waals surface area contributed by atoms with Crippen LogP contribution in [0.1, 0.15) is 49.1 Å². The fraction of sp³-hybridized carbons (Fsp3) is 0.400. The van der Waals surface area contributed by atoms with Crippen molar-refractivity contribution in [2.45, 2.75) is 52.6 Å². The van der Waals surface area contributed by atoms with E-state index in [1.54, 1.807) is 0 Å². The summed E-state index contributed by atoms with van der Waals surface area (Å²) < 4.78 is 0. The Morgan fingerprint density at radius 3 is 2.24 bits per heavy atom. The van der Waals surface area contributed by atoms with Gasteiger partial charge in [0.05, 0.1) is 0 Å². The van der Waals surface area contributed by atoms with Crippen molar-refractivity contribution in [3.8, 4) is 0 Å². The van der Waals surface area contributed by atoms with Gasteiger partial charge in [-0.25, -0.2) is 0 Å². The molecule has 0 amide bonds. The molecule has 0 fully saturated rings. The van der Waals surface area contributed by atoms with Crippen LogP contribution >= 0.6 is 0 Å². The molecule has 0 aliphatic heterocycles. The summed E-state index contributed by atoms with van der Waals surface area (Å²) in [5, 5.41) is 3.71. The number of nitrogens with one attached hydrogen (secondary N) is 1. The lowest BCUT2D eigenvalue weighted by atomic mass is 10.00. The minimum atomic E-state index is 0.384. The predicted octanol–water partition coefficient (Wildman–Crippen LogP) is 4.84. The maximum absolute atomic E-state index is 3.71. The van der Waals surface area contributed by atoms with Crippen molar-refractivity contribution >= 4 is 0 Å². The zero-order chi connectivity index (χ0) is 15.2. The smallest absolute Gasteiger partial charge is 0.0294 e. The van der Waals surface area contributed by atoms with Gasteiger partial charge in [-0.05, 0) is 55.9 Å². The second-order valence-corrected chi connectivity index (χ2v) is 6.02. The molecule has 112 valence electrons. The Hall–Kier alpha value is -1.60. The highest BCUT2D eigenvalue weighted by Gasteiger charge is 2.10. The van der Waals surface area contributed by atoms with Crippen molar-refractivity contribution in [2.75, 3.05) is 0 Å². The fourth-order valence-electron chi connectivity index (χ4n) is 2.79. The van der Waals surface area contributed by atoms with E-state index in [0.717, 1.165) is 12.8 Å². The van der Waals surface area contributed by atoms with E-state index in [0.29, 0.717) is 12.1 Å². The largest absolute Gasteiger partial charge is 0.307 e. The molecule has 0 aromatic heterocycles.